The van der Waals surface area contributed by atoms with Crippen molar-refractivity contribution < 1.29 is 4.79 Å². The Kier molecular flexibility index (Phi) is 6.40. The van der Waals surface area contributed by atoms with Crippen molar-refractivity contribution in [2.24, 2.45) is 16.1 Å². The lowest BCUT2D eigenvalue weighted by Gasteiger charge is -2.25. The van der Waals surface area contributed by atoms with Gasteiger partial charge in [-0.25, -0.2) is 0 Å². The number of hydrogen-bond donors (Lipinski definition) is 2. The summed E-state index contributed by atoms with van der Waals surface area (Å²) in [6.07, 6.45) is 0. The summed E-state index contributed by atoms with van der Waals surface area (Å²) in [5, 5.41) is 3.26. The van der Waals surface area contributed by atoms with Crippen LogP contribution in [0.15, 0.2) is 29.3 Å². The summed E-state index contributed by atoms with van der Waals surface area (Å²) in [7, 11) is 1.99. The van der Waals surface area contributed by atoms with Crippen LogP contribution in [0, 0.1) is 12.3 Å². The highest BCUT2D eigenvalue weighted by Gasteiger charge is 2.25. The lowest BCUT2D eigenvalue weighted by atomic mass is 9.93. The molecule has 1 rings (SSSR count). The normalized spacial score (nSPS) is 12.1. The minimum absolute atomic E-state index is 0.339. The second-order valence-corrected chi connectivity index (χ2v) is 6.20. The van der Waals surface area contributed by atoms with Crippen LogP contribution in [0.4, 0.5) is 0 Å². The number of benzene rings is 1. The number of hydrogen-bond acceptors (Lipinski definition) is 2. The average Bonchev–Trinajstić information content (AvgIpc) is 2.45. The highest BCUT2D eigenvalue weighted by Crippen LogP contribution is 2.15. The predicted octanol–water partition coefficient (Wildman–Crippen LogP) is 1.90. The van der Waals surface area contributed by atoms with Crippen LogP contribution in [0.25, 0.3) is 0 Å². The minimum Gasteiger partial charge on any atom is -0.369 e. The van der Waals surface area contributed by atoms with E-state index in [1.165, 1.54) is 11.1 Å². The van der Waals surface area contributed by atoms with E-state index in [0.717, 1.165) is 19.0 Å². The Morgan fingerprint density at radius 1 is 1.36 bits per heavy atom. The molecule has 1 amide bonds. The molecule has 5 heteroatoms. The van der Waals surface area contributed by atoms with Gasteiger partial charge in [0.15, 0.2) is 5.96 Å². The Labute approximate surface area is 133 Å². The molecule has 22 heavy (non-hydrogen) atoms. The molecule has 0 atom stereocenters. The number of nitrogens with one attached hydrogen (secondary N) is 1. The number of nitrogens with zero attached hydrogens (tertiary/aromatic N) is 2. The molecule has 3 N–H and O–H groups in total. The van der Waals surface area contributed by atoms with Crippen molar-refractivity contribution in [3.8, 4) is 0 Å². The van der Waals surface area contributed by atoms with Gasteiger partial charge in [0, 0.05) is 20.1 Å². The molecule has 1 aromatic carbocycles. The third kappa shape index (κ3) is 5.06. The van der Waals surface area contributed by atoms with E-state index in [2.05, 4.69) is 34.3 Å². The van der Waals surface area contributed by atoms with Crippen LogP contribution < -0.4 is 11.1 Å². The van der Waals surface area contributed by atoms with E-state index in [0.29, 0.717) is 6.54 Å². The van der Waals surface area contributed by atoms with Crippen LogP contribution in [0.5, 0.6) is 0 Å². The maximum absolute atomic E-state index is 11.4. The van der Waals surface area contributed by atoms with Gasteiger partial charge in [0.2, 0.25) is 5.91 Å². The average molecular weight is 304 g/mol. The van der Waals surface area contributed by atoms with Gasteiger partial charge in [0.1, 0.15) is 0 Å². The van der Waals surface area contributed by atoms with Crippen molar-refractivity contribution in [2.75, 3.05) is 20.1 Å². The van der Waals surface area contributed by atoms with Gasteiger partial charge in [-0.05, 0) is 38.8 Å². The van der Waals surface area contributed by atoms with Crippen LogP contribution in [-0.2, 0) is 11.3 Å². The number of nitrogens with two attached hydrogens (primary N) is 1. The lowest BCUT2D eigenvalue weighted by Crippen LogP contribution is -2.41. The first kappa shape index (κ1) is 18.0. The fourth-order valence-corrected chi connectivity index (χ4v) is 1.94. The van der Waals surface area contributed by atoms with Crippen LogP contribution in [0.1, 0.15) is 31.9 Å². The molecule has 0 heterocycles. The van der Waals surface area contributed by atoms with E-state index in [1.807, 2.05) is 40.0 Å². The molecule has 0 spiro atoms. The van der Waals surface area contributed by atoms with Crippen LogP contribution in [-0.4, -0.2) is 36.9 Å². The molecule has 0 radical (unpaired) electrons. The third-order valence-electron chi connectivity index (χ3n) is 3.66. The Balaban J connectivity index is 2.85. The molecule has 0 aliphatic rings. The first-order valence-electron chi connectivity index (χ1n) is 7.61. The maximum atomic E-state index is 11.4. The lowest BCUT2D eigenvalue weighted by molar-refractivity contribution is -0.125. The van der Waals surface area contributed by atoms with Gasteiger partial charge < -0.3 is 16.0 Å². The van der Waals surface area contributed by atoms with E-state index < -0.39 is 5.41 Å². The second kappa shape index (κ2) is 7.82. The zero-order valence-corrected chi connectivity index (χ0v) is 14.3. The van der Waals surface area contributed by atoms with Gasteiger partial charge in [0.25, 0.3) is 0 Å². The first-order chi connectivity index (χ1) is 10.3. The molecule has 0 bridgehead atoms. The number of guanidine groups is 1. The van der Waals surface area contributed by atoms with Gasteiger partial charge in [0.05, 0.1) is 12.0 Å². The van der Waals surface area contributed by atoms with Gasteiger partial charge >= 0.3 is 0 Å². The molecule has 0 aromatic heterocycles. The number of amides is 1. The van der Waals surface area contributed by atoms with E-state index in [-0.39, 0.29) is 5.91 Å². The molecule has 1 aromatic rings. The number of aryl methyl sites for hydroxylation is 1. The van der Waals surface area contributed by atoms with E-state index >= 15 is 0 Å². The zero-order chi connectivity index (χ0) is 16.8. The van der Waals surface area contributed by atoms with Crippen molar-refractivity contribution in [1.82, 2.24) is 10.2 Å². The summed E-state index contributed by atoms with van der Waals surface area (Å²) in [5.74, 6) is 0.439. The quantitative estimate of drug-likeness (QED) is 0.623. The molecule has 0 unspecified atom stereocenters. The Morgan fingerprint density at radius 2 is 2.00 bits per heavy atom. The standard InChI is InChI=1S/C17H28N4O/c1-6-19-16(20-12-17(3,4)15(18)22)21(5)11-14-10-8-7-9-13(14)2/h7-10H,6,11-12H2,1-5H3,(H2,18,22)(H,19,20). The van der Waals surface area contributed by atoms with Crippen molar-refractivity contribution >= 4 is 11.9 Å². The summed E-state index contributed by atoms with van der Waals surface area (Å²) >= 11 is 0. The number of carbonyl (C=O) groups excluding carboxylic acids is 1. The monoisotopic (exact) mass is 304 g/mol. The molecule has 0 saturated heterocycles. The van der Waals surface area contributed by atoms with Gasteiger partial charge in [-0.15, -0.1) is 0 Å². The van der Waals surface area contributed by atoms with Crippen LogP contribution in [0.3, 0.4) is 0 Å². The molecule has 5 nitrogen and oxygen atoms in total. The molecule has 0 aliphatic heterocycles. The Hall–Kier alpha value is -2.04. The largest absolute Gasteiger partial charge is 0.369 e. The number of rotatable bonds is 6. The maximum Gasteiger partial charge on any atom is 0.224 e. The van der Waals surface area contributed by atoms with E-state index in [4.69, 9.17) is 5.73 Å². The molecule has 0 aliphatic carbocycles. The SMILES string of the molecule is CCNC(=NCC(C)(C)C(N)=O)N(C)Cc1ccccc1C. The first-order valence-corrected chi connectivity index (χ1v) is 7.61. The highest BCUT2D eigenvalue weighted by atomic mass is 16.1. The van der Waals surface area contributed by atoms with E-state index in [9.17, 15) is 4.79 Å². The summed E-state index contributed by atoms with van der Waals surface area (Å²) in [5.41, 5.74) is 7.27. The molecule has 122 valence electrons. The van der Waals surface area contributed by atoms with Crippen molar-refractivity contribution in [3.05, 3.63) is 35.4 Å². The van der Waals surface area contributed by atoms with Gasteiger partial charge in [-0.3, -0.25) is 9.79 Å². The Morgan fingerprint density at radius 3 is 2.55 bits per heavy atom. The molecular formula is C17H28N4O. The number of primary amides is 1. The number of carbonyl (C=O) groups is 1. The molecular weight excluding hydrogens is 276 g/mol. The Bertz CT molecular complexity index is 537. The molecule has 0 saturated carbocycles. The summed E-state index contributed by atoms with van der Waals surface area (Å²) in [6, 6.07) is 8.29. The highest BCUT2D eigenvalue weighted by molar-refractivity contribution is 5.82. The summed E-state index contributed by atoms with van der Waals surface area (Å²) < 4.78 is 0. The predicted molar refractivity (Wildman–Crippen MR) is 91.6 cm³/mol. The zero-order valence-electron chi connectivity index (χ0n) is 14.3. The smallest absolute Gasteiger partial charge is 0.224 e. The van der Waals surface area contributed by atoms with Crippen LogP contribution >= 0.6 is 0 Å². The third-order valence-corrected chi connectivity index (χ3v) is 3.66. The van der Waals surface area contributed by atoms with Gasteiger partial charge in [-0.2, -0.15) is 0 Å². The second-order valence-electron chi connectivity index (χ2n) is 6.20. The summed E-state index contributed by atoms with van der Waals surface area (Å²) in [4.78, 5) is 18.0. The fourth-order valence-electron chi connectivity index (χ4n) is 1.94. The van der Waals surface area contributed by atoms with Gasteiger partial charge in [-0.1, -0.05) is 24.3 Å². The summed E-state index contributed by atoms with van der Waals surface area (Å²) in [6.45, 7) is 9.64. The fraction of sp³-hybridized carbons (Fsp3) is 0.529. The molecule has 0 fully saturated rings. The number of aliphatic imine (C=N–C) groups is 1. The van der Waals surface area contributed by atoms with Crippen molar-refractivity contribution in [3.63, 3.8) is 0 Å². The topological polar surface area (TPSA) is 70.7 Å². The van der Waals surface area contributed by atoms with E-state index in [1.54, 1.807) is 0 Å². The van der Waals surface area contributed by atoms with Crippen LogP contribution in [0.2, 0.25) is 0 Å². The minimum atomic E-state index is -0.649. The van der Waals surface area contributed by atoms with Crippen molar-refractivity contribution in [1.29, 1.82) is 0 Å². The van der Waals surface area contributed by atoms with Crippen molar-refractivity contribution in [2.45, 2.75) is 34.2 Å².